The van der Waals surface area contributed by atoms with Gasteiger partial charge in [-0.3, -0.25) is 4.40 Å². The zero-order chi connectivity index (χ0) is 12.4. The van der Waals surface area contributed by atoms with Crippen molar-refractivity contribution in [2.75, 3.05) is 18.0 Å². The number of aromatic nitrogens is 3. The predicted octanol–water partition coefficient (Wildman–Crippen LogP) is 1.96. The van der Waals surface area contributed by atoms with Gasteiger partial charge in [0.1, 0.15) is 12.1 Å². The van der Waals surface area contributed by atoms with Crippen LogP contribution >= 0.6 is 0 Å². The second-order valence-electron chi connectivity index (χ2n) is 5.28. The van der Waals surface area contributed by atoms with Gasteiger partial charge in [-0.25, -0.2) is 8.78 Å². The van der Waals surface area contributed by atoms with Crippen LogP contribution in [-0.4, -0.2) is 33.6 Å². The van der Waals surface area contributed by atoms with Crippen molar-refractivity contribution in [2.24, 2.45) is 5.41 Å². The first kappa shape index (κ1) is 10.2. The van der Waals surface area contributed by atoms with Crippen LogP contribution in [0.1, 0.15) is 12.8 Å². The van der Waals surface area contributed by atoms with Crippen molar-refractivity contribution >= 4 is 11.5 Å². The normalized spacial score (nSPS) is 29.3. The molecule has 2 aliphatic rings. The molecule has 1 unspecified atom stereocenters. The lowest BCUT2D eigenvalue weighted by Gasteiger charge is -2.19. The molecule has 0 amide bonds. The number of alkyl halides is 2. The average Bonchev–Trinajstić information content (AvgIpc) is 2.80. The van der Waals surface area contributed by atoms with Crippen molar-refractivity contribution in [3.8, 4) is 0 Å². The highest BCUT2D eigenvalue weighted by Crippen LogP contribution is 2.65. The van der Waals surface area contributed by atoms with Gasteiger partial charge in [-0.15, -0.1) is 10.2 Å². The van der Waals surface area contributed by atoms with Crippen molar-refractivity contribution in [1.82, 2.24) is 14.6 Å². The highest BCUT2D eigenvalue weighted by molar-refractivity contribution is 5.52. The number of halogens is 2. The van der Waals surface area contributed by atoms with Crippen molar-refractivity contribution in [1.29, 1.82) is 0 Å². The zero-order valence-electron chi connectivity index (χ0n) is 9.68. The minimum absolute atomic E-state index is 0.0364. The second kappa shape index (κ2) is 2.99. The number of pyridine rings is 1. The van der Waals surface area contributed by atoms with E-state index >= 15 is 0 Å². The number of rotatable bonds is 1. The second-order valence-corrected chi connectivity index (χ2v) is 5.28. The number of nitrogens with zero attached hydrogens (tertiary/aromatic N) is 4. The Morgan fingerprint density at radius 1 is 1.28 bits per heavy atom. The Balaban J connectivity index is 1.71. The van der Waals surface area contributed by atoms with Crippen LogP contribution in [0.3, 0.4) is 0 Å². The largest absolute Gasteiger partial charge is 0.357 e. The maximum atomic E-state index is 13.4. The maximum Gasteiger partial charge on any atom is 0.256 e. The van der Waals surface area contributed by atoms with Crippen LogP contribution < -0.4 is 4.90 Å². The van der Waals surface area contributed by atoms with Crippen LogP contribution in [0, 0.1) is 5.41 Å². The molecule has 4 rings (SSSR count). The Bertz CT molecular complexity index is 623. The summed E-state index contributed by atoms with van der Waals surface area (Å²) in [5.41, 5.74) is -0.0283. The molecule has 3 heterocycles. The first-order valence-corrected chi connectivity index (χ1v) is 6.03. The van der Waals surface area contributed by atoms with Crippen LogP contribution in [0.15, 0.2) is 24.5 Å². The van der Waals surface area contributed by atoms with Crippen molar-refractivity contribution in [2.45, 2.75) is 18.8 Å². The first-order valence-electron chi connectivity index (χ1n) is 6.03. The molecule has 1 saturated carbocycles. The third kappa shape index (κ3) is 1.18. The van der Waals surface area contributed by atoms with Crippen LogP contribution in [0.2, 0.25) is 0 Å². The summed E-state index contributed by atoms with van der Waals surface area (Å²) in [5.74, 6) is -1.57. The van der Waals surface area contributed by atoms with Gasteiger partial charge in [-0.05, 0) is 18.6 Å². The summed E-state index contributed by atoms with van der Waals surface area (Å²) in [6, 6.07) is 5.67. The molecule has 2 aromatic heterocycles. The molecule has 2 aromatic rings. The van der Waals surface area contributed by atoms with Gasteiger partial charge in [-0.2, -0.15) is 0 Å². The molecule has 4 nitrogen and oxygen atoms in total. The molecule has 1 aliphatic heterocycles. The van der Waals surface area contributed by atoms with E-state index in [0.29, 0.717) is 19.5 Å². The summed E-state index contributed by atoms with van der Waals surface area (Å²) < 4.78 is 28.6. The van der Waals surface area contributed by atoms with Gasteiger partial charge in [0.15, 0.2) is 5.65 Å². The molecular formula is C12H12F2N4. The van der Waals surface area contributed by atoms with Crippen molar-refractivity contribution < 1.29 is 8.78 Å². The minimum atomic E-state index is -2.47. The van der Waals surface area contributed by atoms with Gasteiger partial charge in [0, 0.05) is 19.5 Å². The summed E-state index contributed by atoms with van der Waals surface area (Å²) in [4.78, 5) is 2.01. The molecule has 1 saturated heterocycles. The average molecular weight is 250 g/mol. The van der Waals surface area contributed by atoms with Crippen molar-refractivity contribution in [3.63, 3.8) is 0 Å². The Morgan fingerprint density at radius 3 is 2.83 bits per heavy atom. The number of fused-ring (bicyclic) bond motifs is 1. The molecule has 0 aromatic carbocycles. The fourth-order valence-electron chi connectivity index (χ4n) is 2.98. The molecule has 0 N–H and O–H groups in total. The van der Waals surface area contributed by atoms with Gasteiger partial charge < -0.3 is 4.90 Å². The van der Waals surface area contributed by atoms with E-state index in [-0.39, 0.29) is 6.42 Å². The summed E-state index contributed by atoms with van der Waals surface area (Å²) >= 11 is 0. The van der Waals surface area contributed by atoms with Gasteiger partial charge >= 0.3 is 0 Å². The molecule has 0 bridgehead atoms. The maximum absolute atomic E-state index is 13.4. The van der Waals surface area contributed by atoms with Crippen LogP contribution in [0.4, 0.5) is 14.6 Å². The Morgan fingerprint density at radius 2 is 2.11 bits per heavy atom. The highest BCUT2D eigenvalue weighted by Gasteiger charge is 2.72. The number of anilines is 1. The zero-order valence-corrected chi connectivity index (χ0v) is 9.68. The summed E-state index contributed by atoms with van der Waals surface area (Å²) in [7, 11) is 0. The molecule has 6 heteroatoms. The van der Waals surface area contributed by atoms with Gasteiger partial charge in [0.25, 0.3) is 5.92 Å². The molecule has 94 valence electrons. The molecule has 2 fully saturated rings. The quantitative estimate of drug-likeness (QED) is 0.775. The van der Waals surface area contributed by atoms with Crippen LogP contribution in [0.5, 0.6) is 0 Å². The van der Waals surface area contributed by atoms with E-state index in [1.54, 1.807) is 6.33 Å². The lowest BCUT2D eigenvalue weighted by molar-refractivity contribution is 0.0711. The smallest absolute Gasteiger partial charge is 0.256 e. The van der Waals surface area contributed by atoms with Crippen LogP contribution in [-0.2, 0) is 0 Å². The lowest BCUT2D eigenvalue weighted by atomic mass is 10.1. The van der Waals surface area contributed by atoms with E-state index in [4.69, 9.17) is 0 Å². The first-order chi connectivity index (χ1) is 8.61. The Hall–Kier alpha value is -1.72. The third-order valence-electron chi connectivity index (χ3n) is 4.20. The predicted molar refractivity (Wildman–Crippen MR) is 61.8 cm³/mol. The van der Waals surface area contributed by atoms with E-state index in [9.17, 15) is 8.78 Å². The Kier molecular flexibility index (Phi) is 1.70. The SMILES string of the molecule is FC1(F)CC12CCN(c1cccc3nncn13)C2. The van der Waals surface area contributed by atoms with Gasteiger partial charge in [0.2, 0.25) is 0 Å². The van der Waals surface area contributed by atoms with Crippen LogP contribution in [0.25, 0.3) is 5.65 Å². The lowest BCUT2D eigenvalue weighted by Crippen LogP contribution is -2.24. The summed E-state index contributed by atoms with van der Waals surface area (Å²) in [5, 5.41) is 7.82. The summed E-state index contributed by atoms with van der Waals surface area (Å²) in [6.45, 7) is 1.10. The van der Waals surface area contributed by atoms with E-state index in [1.165, 1.54) is 0 Å². The minimum Gasteiger partial charge on any atom is -0.357 e. The summed E-state index contributed by atoms with van der Waals surface area (Å²) in [6.07, 6.45) is 2.23. The molecule has 18 heavy (non-hydrogen) atoms. The van der Waals surface area contributed by atoms with E-state index in [0.717, 1.165) is 11.5 Å². The topological polar surface area (TPSA) is 33.4 Å². The molecule has 0 radical (unpaired) electrons. The standard InChI is InChI=1S/C12H12F2N4/c13-12(14)6-11(12)4-5-17(7-11)10-3-1-2-9-16-15-8-18(9)10/h1-3,8H,4-7H2. The Labute approximate surface area is 102 Å². The van der Waals surface area contributed by atoms with Crippen molar-refractivity contribution in [3.05, 3.63) is 24.5 Å². The highest BCUT2D eigenvalue weighted by atomic mass is 19.3. The fraction of sp³-hybridized carbons (Fsp3) is 0.500. The third-order valence-corrected chi connectivity index (χ3v) is 4.20. The molecular weight excluding hydrogens is 238 g/mol. The van der Waals surface area contributed by atoms with E-state index < -0.39 is 11.3 Å². The number of hydrogen-bond donors (Lipinski definition) is 0. The number of hydrogen-bond acceptors (Lipinski definition) is 3. The molecule has 1 aliphatic carbocycles. The molecule has 1 atom stereocenters. The van der Waals surface area contributed by atoms with Gasteiger partial charge in [-0.1, -0.05) is 6.07 Å². The van der Waals surface area contributed by atoms with Gasteiger partial charge in [0.05, 0.1) is 5.41 Å². The van der Waals surface area contributed by atoms with E-state index in [1.807, 2.05) is 27.5 Å². The van der Waals surface area contributed by atoms with E-state index in [2.05, 4.69) is 10.2 Å². The monoisotopic (exact) mass is 250 g/mol. The molecule has 1 spiro atoms. The fourth-order valence-corrected chi connectivity index (χ4v) is 2.98.